The van der Waals surface area contributed by atoms with Crippen LogP contribution in [0.25, 0.3) is 0 Å². The third-order valence-corrected chi connectivity index (χ3v) is 4.63. The highest BCUT2D eigenvalue weighted by atomic mass is 32.1. The molecule has 134 valence electrons. The fourth-order valence-electron chi connectivity index (χ4n) is 2.62. The third-order valence-electron chi connectivity index (χ3n) is 4.41. The number of benzene rings is 2. The van der Waals surface area contributed by atoms with Gasteiger partial charge in [-0.1, -0.05) is 45.0 Å². The summed E-state index contributed by atoms with van der Waals surface area (Å²) in [4.78, 5) is 0. The molecule has 2 atom stereocenters. The molecule has 25 heavy (non-hydrogen) atoms. The molecule has 0 aromatic heterocycles. The summed E-state index contributed by atoms with van der Waals surface area (Å²) in [6, 6.07) is 11.9. The Hall–Kier alpha value is -2.01. The molecule has 0 aliphatic carbocycles. The van der Waals surface area contributed by atoms with Crippen LogP contribution in [-0.4, -0.2) is 5.11 Å². The maximum atomic E-state index is 13.7. The Morgan fingerprint density at radius 3 is 2.20 bits per heavy atom. The summed E-state index contributed by atoms with van der Waals surface area (Å²) in [5.74, 6) is -0.754. The van der Waals surface area contributed by atoms with Crippen molar-refractivity contribution in [1.29, 1.82) is 0 Å². The van der Waals surface area contributed by atoms with E-state index in [0.29, 0.717) is 11.0 Å². The van der Waals surface area contributed by atoms with E-state index in [1.54, 1.807) is 0 Å². The van der Waals surface area contributed by atoms with Gasteiger partial charge < -0.3 is 10.6 Å². The first-order valence-electron chi connectivity index (χ1n) is 8.57. The van der Waals surface area contributed by atoms with Crippen molar-refractivity contribution in [2.75, 3.05) is 5.32 Å². The molecule has 2 aromatic carbocycles. The molecule has 2 rings (SSSR count). The second-order valence-electron chi connectivity index (χ2n) is 6.16. The minimum Gasteiger partial charge on any atom is -0.356 e. The van der Waals surface area contributed by atoms with Crippen molar-refractivity contribution in [3.8, 4) is 0 Å². The van der Waals surface area contributed by atoms with Crippen molar-refractivity contribution in [3.63, 3.8) is 0 Å². The highest BCUT2D eigenvalue weighted by Gasteiger charge is 2.13. The molecule has 0 fully saturated rings. The van der Waals surface area contributed by atoms with E-state index in [9.17, 15) is 8.78 Å². The maximum Gasteiger partial charge on any atom is 0.171 e. The molecule has 2 nitrogen and oxygen atoms in total. The molecule has 0 aliphatic heterocycles. The van der Waals surface area contributed by atoms with Gasteiger partial charge in [0.25, 0.3) is 0 Å². The highest BCUT2D eigenvalue weighted by molar-refractivity contribution is 7.80. The van der Waals surface area contributed by atoms with Crippen molar-refractivity contribution < 1.29 is 8.78 Å². The summed E-state index contributed by atoms with van der Waals surface area (Å²) in [5.41, 5.74) is 2.59. The predicted molar refractivity (Wildman–Crippen MR) is 104 cm³/mol. The van der Waals surface area contributed by atoms with Crippen LogP contribution in [0.2, 0.25) is 0 Å². The number of nitrogens with one attached hydrogen (secondary N) is 2. The van der Waals surface area contributed by atoms with Gasteiger partial charge >= 0.3 is 0 Å². The first-order valence-corrected chi connectivity index (χ1v) is 8.97. The van der Waals surface area contributed by atoms with E-state index in [1.807, 2.05) is 0 Å². The van der Waals surface area contributed by atoms with E-state index < -0.39 is 11.6 Å². The molecule has 0 saturated heterocycles. The zero-order valence-electron chi connectivity index (χ0n) is 14.8. The van der Waals surface area contributed by atoms with Gasteiger partial charge in [0, 0.05) is 6.07 Å². The van der Waals surface area contributed by atoms with E-state index in [-0.39, 0.29) is 11.7 Å². The molecule has 2 aromatic rings. The van der Waals surface area contributed by atoms with Crippen molar-refractivity contribution in [2.45, 2.75) is 45.6 Å². The van der Waals surface area contributed by atoms with Gasteiger partial charge in [0.2, 0.25) is 0 Å². The van der Waals surface area contributed by atoms with Crippen LogP contribution >= 0.6 is 12.2 Å². The molecular weight excluding hydrogens is 338 g/mol. The van der Waals surface area contributed by atoms with Crippen molar-refractivity contribution in [2.24, 2.45) is 0 Å². The van der Waals surface area contributed by atoms with Crippen LogP contribution in [0.4, 0.5) is 14.5 Å². The summed E-state index contributed by atoms with van der Waals surface area (Å²) < 4.78 is 26.7. The van der Waals surface area contributed by atoms with Gasteiger partial charge in [-0.2, -0.15) is 0 Å². The van der Waals surface area contributed by atoms with Crippen LogP contribution in [0.3, 0.4) is 0 Å². The van der Waals surface area contributed by atoms with Gasteiger partial charge in [-0.05, 0) is 54.2 Å². The molecule has 5 heteroatoms. The number of thiocarbonyl (C=S) groups is 1. The summed E-state index contributed by atoms with van der Waals surface area (Å²) in [6.45, 7) is 6.44. The second kappa shape index (κ2) is 8.90. The van der Waals surface area contributed by atoms with E-state index in [4.69, 9.17) is 12.2 Å². The average Bonchev–Trinajstić information content (AvgIpc) is 2.61. The Kier molecular flexibility index (Phi) is 6.88. The number of hydrogen-bond acceptors (Lipinski definition) is 1. The number of anilines is 1. The standard InChI is InChI=1S/C20H24F2N2S/c1-4-13(3)14-6-8-15(9-7-14)18(5-2)23-20(25)24-19-11-10-16(21)12-17(19)22/h6-13,18H,4-5H2,1-3H3,(H2,23,24,25). The topological polar surface area (TPSA) is 24.1 Å². The van der Waals surface area contributed by atoms with Gasteiger partial charge in [0.05, 0.1) is 11.7 Å². The fourth-order valence-corrected chi connectivity index (χ4v) is 2.87. The van der Waals surface area contributed by atoms with Crippen LogP contribution in [0.15, 0.2) is 42.5 Å². The third kappa shape index (κ3) is 5.23. The number of hydrogen-bond donors (Lipinski definition) is 2. The molecule has 0 radical (unpaired) electrons. The number of rotatable bonds is 6. The molecule has 0 bridgehead atoms. The number of halogens is 2. The predicted octanol–water partition coefficient (Wildman–Crippen LogP) is 5.92. The lowest BCUT2D eigenvalue weighted by molar-refractivity contribution is 0.585. The Morgan fingerprint density at radius 2 is 1.64 bits per heavy atom. The van der Waals surface area contributed by atoms with Crippen LogP contribution in [0.5, 0.6) is 0 Å². The molecule has 0 spiro atoms. The van der Waals surface area contributed by atoms with Crippen molar-refractivity contribution >= 4 is 23.0 Å². The minimum atomic E-state index is -0.671. The second-order valence-corrected chi connectivity index (χ2v) is 6.57. The molecule has 2 unspecified atom stereocenters. The van der Waals surface area contributed by atoms with E-state index >= 15 is 0 Å². The SMILES string of the molecule is CCC(C)c1ccc(C(CC)NC(=S)Nc2ccc(F)cc2F)cc1. The summed E-state index contributed by atoms with van der Waals surface area (Å²) in [7, 11) is 0. The zero-order chi connectivity index (χ0) is 18.4. The van der Waals surface area contributed by atoms with Gasteiger partial charge in [0.1, 0.15) is 11.6 Å². The summed E-state index contributed by atoms with van der Waals surface area (Å²) in [5, 5.41) is 6.29. The first-order chi connectivity index (χ1) is 11.9. The first kappa shape index (κ1) is 19.3. The van der Waals surface area contributed by atoms with Gasteiger partial charge in [0.15, 0.2) is 5.11 Å². The maximum absolute atomic E-state index is 13.7. The monoisotopic (exact) mass is 362 g/mol. The van der Waals surface area contributed by atoms with Crippen LogP contribution < -0.4 is 10.6 Å². The Balaban J connectivity index is 2.04. The van der Waals surface area contributed by atoms with Crippen molar-refractivity contribution in [3.05, 3.63) is 65.2 Å². The molecule has 0 amide bonds. The lowest BCUT2D eigenvalue weighted by Gasteiger charge is -2.21. The van der Waals surface area contributed by atoms with Crippen LogP contribution in [-0.2, 0) is 0 Å². The lowest BCUT2D eigenvalue weighted by Crippen LogP contribution is -2.32. The van der Waals surface area contributed by atoms with Gasteiger partial charge in [-0.25, -0.2) is 8.78 Å². The Bertz CT molecular complexity index is 716. The quantitative estimate of drug-likeness (QED) is 0.624. The molecule has 2 N–H and O–H groups in total. The molecule has 0 aliphatic rings. The summed E-state index contributed by atoms with van der Waals surface area (Å²) >= 11 is 5.27. The minimum absolute atomic E-state index is 0.0227. The highest BCUT2D eigenvalue weighted by Crippen LogP contribution is 2.23. The summed E-state index contributed by atoms with van der Waals surface area (Å²) in [6.07, 6.45) is 1.93. The van der Waals surface area contributed by atoms with E-state index in [2.05, 4.69) is 55.7 Å². The normalized spacial score (nSPS) is 13.2. The zero-order valence-corrected chi connectivity index (χ0v) is 15.6. The van der Waals surface area contributed by atoms with Crippen LogP contribution in [0.1, 0.15) is 56.7 Å². The Labute approximate surface area is 153 Å². The largest absolute Gasteiger partial charge is 0.356 e. The average molecular weight is 362 g/mol. The molecule has 0 saturated carbocycles. The fraction of sp³-hybridized carbons (Fsp3) is 0.350. The smallest absolute Gasteiger partial charge is 0.171 e. The van der Waals surface area contributed by atoms with Crippen LogP contribution in [0, 0.1) is 11.6 Å². The lowest BCUT2D eigenvalue weighted by atomic mass is 9.95. The van der Waals surface area contributed by atoms with Gasteiger partial charge in [-0.3, -0.25) is 0 Å². The van der Waals surface area contributed by atoms with E-state index in [0.717, 1.165) is 24.5 Å². The van der Waals surface area contributed by atoms with Gasteiger partial charge in [-0.15, -0.1) is 0 Å². The van der Waals surface area contributed by atoms with Crippen molar-refractivity contribution in [1.82, 2.24) is 5.32 Å². The van der Waals surface area contributed by atoms with E-state index in [1.165, 1.54) is 17.7 Å². The molecule has 0 heterocycles. The Morgan fingerprint density at radius 1 is 1.00 bits per heavy atom. The molecular formula is C20H24F2N2S.